The van der Waals surface area contributed by atoms with Crippen LogP contribution in [-0.2, 0) is 0 Å². The molecule has 0 aliphatic carbocycles. The van der Waals surface area contributed by atoms with Gasteiger partial charge in [-0.05, 0) is 40.2 Å². The lowest BCUT2D eigenvalue weighted by Gasteiger charge is -2.30. The van der Waals surface area contributed by atoms with Crippen LogP contribution in [0.1, 0.15) is 25.6 Å². The zero-order chi connectivity index (χ0) is 22.8. The SMILES string of the molecule is CC(CN1CC(N)=NC(C(F)(F)F)=C1Br)c1ncc[nH]1.CC1(N)C=c2ccccc2=N1. The Balaban J connectivity index is 0.000000207. The molecule has 2 unspecified atom stereocenters. The number of halogens is 4. The number of alkyl halides is 3. The molecule has 2 aliphatic heterocycles. The lowest BCUT2D eigenvalue weighted by atomic mass is 10.1. The molecule has 7 nitrogen and oxygen atoms in total. The average molecular weight is 498 g/mol. The first-order valence-electron chi connectivity index (χ1n) is 9.47. The summed E-state index contributed by atoms with van der Waals surface area (Å²) in [6.45, 7) is 4.25. The number of H-pyrrole nitrogens is 1. The number of nitrogens with two attached hydrogens (primary N) is 2. The normalized spacial score (nSPS) is 21.4. The summed E-state index contributed by atoms with van der Waals surface area (Å²) in [4.78, 5) is 16.2. The second-order valence-electron chi connectivity index (χ2n) is 7.54. The fourth-order valence-corrected chi connectivity index (χ4v) is 3.83. The first kappa shape index (κ1) is 23.0. The second kappa shape index (κ2) is 8.83. The third-order valence-electron chi connectivity index (χ3n) is 4.58. The monoisotopic (exact) mass is 497 g/mol. The number of nitrogens with one attached hydrogen (secondary N) is 1. The summed E-state index contributed by atoms with van der Waals surface area (Å²) in [6, 6.07) is 7.96. The van der Waals surface area contributed by atoms with Crippen LogP contribution in [0.25, 0.3) is 6.08 Å². The van der Waals surface area contributed by atoms with Crippen molar-refractivity contribution in [2.75, 3.05) is 13.1 Å². The Bertz CT molecular complexity index is 1070. The highest BCUT2D eigenvalue weighted by molar-refractivity contribution is 9.11. The number of aromatic nitrogens is 2. The number of imidazole rings is 1. The van der Waals surface area contributed by atoms with Gasteiger partial charge in [0.1, 0.15) is 21.9 Å². The highest BCUT2D eigenvalue weighted by Crippen LogP contribution is 2.35. The predicted octanol–water partition coefficient (Wildman–Crippen LogP) is 2.09. The quantitative estimate of drug-likeness (QED) is 0.564. The lowest BCUT2D eigenvalue weighted by molar-refractivity contribution is -0.0941. The minimum Gasteiger partial charge on any atom is -0.386 e. The van der Waals surface area contributed by atoms with E-state index < -0.39 is 17.5 Å². The van der Waals surface area contributed by atoms with E-state index in [1.54, 1.807) is 12.4 Å². The highest BCUT2D eigenvalue weighted by Gasteiger charge is 2.40. The van der Waals surface area contributed by atoms with Crippen molar-refractivity contribution in [1.29, 1.82) is 0 Å². The van der Waals surface area contributed by atoms with Crippen LogP contribution in [0.4, 0.5) is 13.2 Å². The molecule has 166 valence electrons. The van der Waals surface area contributed by atoms with Crippen molar-refractivity contribution in [1.82, 2.24) is 14.9 Å². The number of fused-ring (bicyclic) bond motifs is 1. The smallest absolute Gasteiger partial charge is 0.386 e. The second-order valence-corrected chi connectivity index (χ2v) is 8.29. The Morgan fingerprint density at radius 2 is 2.03 bits per heavy atom. The number of hydrogen-bond acceptors (Lipinski definition) is 6. The number of aliphatic imine (C=N–C) groups is 1. The molecule has 2 atom stereocenters. The summed E-state index contributed by atoms with van der Waals surface area (Å²) in [6.07, 6.45) is 0.701. The van der Waals surface area contributed by atoms with Crippen LogP contribution in [0.3, 0.4) is 0 Å². The molecular weight excluding hydrogens is 475 g/mol. The maximum Gasteiger partial charge on any atom is 0.436 e. The van der Waals surface area contributed by atoms with Crippen LogP contribution in [0, 0.1) is 0 Å². The molecule has 1 aromatic heterocycles. The topological polar surface area (TPSA) is 109 Å². The maximum absolute atomic E-state index is 12.9. The van der Waals surface area contributed by atoms with Gasteiger partial charge in [0.15, 0.2) is 5.70 Å². The molecule has 0 amide bonds. The molecule has 4 rings (SSSR count). The van der Waals surface area contributed by atoms with E-state index in [0.29, 0.717) is 12.4 Å². The molecule has 0 saturated heterocycles. The van der Waals surface area contributed by atoms with E-state index in [4.69, 9.17) is 11.5 Å². The molecule has 11 heteroatoms. The van der Waals surface area contributed by atoms with Crippen LogP contribution in [0.5, 0.6) is 0 Å². The summed E-state index contributed by atoms with van der Waals surface area (Å²) >= 11 is 2.97. The molecule has 0 saturated carbocycles. The summed E-state index contributed by atoms with van der Waals surface area (Å²) in [5.41, 5.74) is 9.80. The van der Waals surface area contributed by atoms with Gasteiger partial charge in [-0.15, -0.1) is 0 Å². The number of allylic oxidation sites excluding steroid dienone is 1. The highest BCUT2D eigenvalue weighted by atomic mass is 79.9. The maximum atomic E-state index is 12.9. The zero-order valence-corrected chi connectivity index (χ0v) is 18.6. The molecule has 3 heterocycles. The van der Waals surface area contributed by atoms with E-state index in [2.05, 4.69) is 35.9 Å². The number of nitrogens with zero attached hydrogens (tertiary/aromatic N) is 4. The van der Waals surface area contributed by atoms with E-state index in [0.717, 1.165) is 10.6 Å². The Morgan fingerprint density at radius 3 is 2.65 bits per heavy atom. The standard InChI is InChI=1S/C11H13BrF3N5.C9H10N2/c1-6(10-17-2-3-18-10)4-20-5-7(16)19-8(9(20)12)11(13,14)15;1-9(10)6-7-4-2-3-5-8(7)11-9/h2-3,6H,4-5H2,1H3,(H2,16,19)(H,17,18);2-6H,10H2,1H3. The van der Waals surface area contributed by atoms with Gasteiger partial charge in [-0.2, -0.15) is 13.2 Å². The van der Waals surface area contributed by atoms with Crippen LogP contribution in [0.15, 0.2) is 56.9 Å². The molecule has 1 aromatic carbocycles. The zero-order valence-electron chi connectivity index (χ0n) is 17.0. The Kier molecular flexibility index (Phi) is 6.56. The number of aromatic amines is 1. The fraction of sp³-hybridized carbons (Fsp3) is 0.350. The van der Waals surface area contributed by atoms with Gasteiger partial charge in [0, 0.05) is 24.9 Å². The first-order valence-corrected chi connectivity index (χ1v) is 10.3. The van der Waals surface area contributed by atoms with E-state index >= 15 is 0 Å². The number of para-hydroxylation sites is 1. The molecule has 0 fully saturated rings. The third-order valence-corrected chi connectivity index (χ3v) is 5.45. The fourth-order valence-electron chi connectivity index (χ4n) is 3.25. The largest absolute Gasteiger partial charge is 0.436 e. The van der Waals surface area contributed by atoms with Gasteiger partial charge in [0.2, 0.25) is 0 Å². The molecule has 0 bridgehead atoms. The summed E-state index contributed by atoms with van der Waals surface area (Å²) in [5, 5.41) is 2.13. The van der Waals surface area contributed by atoms with Crippen molar-refractivity contribution in [3.63, 3.8) is 0 Å². The molecule has 0 spiro atoms. The van der Waals surface area contributed by atoms with Gasteiger partial charge >= 0.3 is 6.18 Å². The number of rotatable bonds is 3. The molecular formula is C20H23BrF3N7. The van der Waals surface area contributed by atoms with Gasteiger partial charge in [-0.1, -0.05) is 25.1 Å². The first-order chi connectivity index (χ1) is 14.5. The number of benzene rings is 1. The lowest BCUT2D eigenvalue weighted by Crippen LogP contribution is -2.39. The summed E-state index contributed by atoms with van der Waals surface area (Å²) in [5.74, 6) is 0.574. The van der Waals surface area contributed by atoms with Crippen LogP contribution in [0.2, 0.25) is 0 Å². The Labute approximate surface area is 185 Å². The van der Waals surface area contributed by atoms with Gasteiger partial charge < -0.3 is 21.4 Å². The van der Waals surface area contributed by atoms with Crippen molar-refractivity contribution in [3.8, 4) is 0 Å². The van der Waals surface area contributed by atoms with Crippen LogP contribution in [-0.4, -0.2) is 45.6 Å². The van der Waals surface area contributed by atoms with Crippen molar-refractivity contribution in [3.05, 3.63) is 63.4 Å². The number of hydrogen-bond donors (Lipinski definition) is 3. The third kappa shape index (κ3) is 5.73. The minimum atomic E-state index is -4.55. The van der Waals surface area contributed by atoms with Crippen molar-refractivity contribution in [2.24, 2.45) is 21.5 Å². The van der Waals surface area contributed by atoms with Crippen molar-refractivity contribution >= 4 is 27.8 Å². The van der Waals surface area contributed by atoms with Crippen molar-refractivity contribution in [2.45, 2.75) is 31.6 Å². The minimum absolute atomic E-state index is 0.0628. The predicted molar refractivity (Wildman–Crippen MR) is 116 cm³/mol. The van der Waals surface area contributed by atoms with Gasteiger partial charge in [-0.25, -0.2) is 9.98 Å². The Morgan fingerprint density at radius 1 is 1.32 bits per heavy atom. The van der Waals surface area contributed by atoms with Crippen molar-refractivity contribution < 1.29 is 13.2 Å². The Hall–Kier alpha value is -2.66. The summed E-state index contributed by atoms with van der Waals surface area (Å²) < 4.78 is 38.5. The van der Waals surface area contributed by atoms with Crippen LogP contribution < -0.4 is 22.0 Å². The van der Waals surface area contributed by atoms with Gasteiger partial charge in [-0.3, -0.25) is 4.99 Å². The van der Waals surface area contributed by atoms with Crippen LogP contribution >= 0.6 is 15.9 Å². The van der Waals surface area contributed by atoms with E-state index in [1.807, 2.05) is 44.2 Å². The van der Waals surface area contributed by atoms with Gasteiger partial charge in [0.25, 0.3) is 0 Å². The molecule has 5 N–H and O–H groups in total. The molecule has 2 aliphatic rings. The van der Waals surface area contributed by atoms with E-state index in [-0.39, 0.29) is 22.9 Å². The number of amidine groups is 1. The average Bonchev–Trinajstić information content (AvgIpc) is 3.30. The van der Waals surface area contributed by atoms with E-state index in [1.165, 1.54) is 4.90 Å². The molecule has 2 aromatic rings. The molecule has 0 radical (unpaired) electrons. The van der Waals surface area contributed by atoms with Gasteiger partial charge in [0.05, 0.1) is 11.9 Å². The summed E-state index contributed by atoms with van der Waals surface area (Å²) in [7, 11) is 0. The molecule has 31 heavy (non-hydrogen) atoms. The van der Waals surface area contributed by atoms with E-state index in [9.17, 15) is 13.2 Å².